The zero-order chi connectivity index (χ0) is 12.3. The monoisotopic (exact) mass is 255 g/mol. The van der Waals surface area contributed by atoms with Gasteiger partial charge in [0.25, 0.3) is 0 Å². The van der Waals surface area contributed by atoms with E-state index in [0.29, 0.717) is 19.2 Å². The molecule has 1 aromatic heterocycles. The molecule has 0 aliphatic carbocycles. The Morgan fingerprint density at radius 1 is 1.53 bits per heavy atom. The lowest BCUT2D eigenvalue weighted by Gasteiger charge is -2.33. The molecule has 2 rings (SSSR count). The first-order valence-corrected chi connectivity index (χ1v) is 7.02. The minimum Gasteiger partial charge on any atom is -0.378 e. The van der Waals surface area contributed by atoms with Crippen molar-refractivity contribution >= 4 is 16.5 Å². The molecule has 2 heterocycles. The van der Waals surface area contributed by atoms with E-state index in [1.807, 2.05) is 0 Å². The number of thiazole rings is 1. The van der Waals surface area contributed by atoms with Gasteiger partial charge in [-0.15, -0.1) is 11.3 Å². The lowest BCUT2D eigenvalue weighted by atomic mass is 10.1. The van der Waals surface area contributed by atoms with Crippen molar-refractivity contribution in [1.29, 1.82) is 0 Å². The molecule has 0 radical (unpaired) electrons. The van der Waals surface area contributed by atoms with Gasteiger partial charge in [-0.1, -0.05) is 0 Å². The Balaban J connectivity index is 2.19. The van der Waals surface area contributed by atoms with Crippen LogP contribution in [0.3, 0.4) is 0 Å². The number of anilines is 1. The second kappa shape index (κ2) is 5.80. The summed E-state index contributed by atoms with van der Waals surface area (Å²) in [6.07, 6.45) is 3.86. The molecule has 1 saturated heterocycles. The maximum absolute atomic E-state index is 5.75. The fraction of sp³-hybridized carbons (Fsp3) is 0.750. The van der Waals surface area contributed by atoms with Crippen LogP contribution in [0.5, 0.6) is 0 Å². The Morgan fingerprint density at radius 2 is 2.35 bits per heavy atom. The van der Waals surface area contributed by atoms with E-state index in [0.717, 1.165) is 22.2 Å². The summed E-state index contributed by atoms with van der Waals surface area (Å²) in [5, 5.41) is 1.12. The van der Waals surface area contributed by atoms with Crippen LogP contribution >= 0.6 is 11.3 Å². The van der Waals surface area contributed by atoms with Crippen LogP contribution in [0.15, 0.2) is 0 Å². The molecule has 0 amide bonds. The van der Waals surface area contributed by atoms with Gasteiger partial charge in [-0.3, -0.25) is 0 Å². The smallest absolute Gasteiger partial charge is 0.186 e. The van der Waals surface area contributed by atoms with Crippen molar-refractivity contribution in [3.05, 3.63) is 10.6 Å². The Hall–Kier alpha value is -0.650. The summed E-state index contributed by atoms with van der Waals surface area (Å²) < 4.78 is 5.17. The van der Waals surface area contributed by atoms with Crippen molar-refractivity contribution < 1.29 is 4.74 Å². The van der Waals surface area contributed by atoms with Gasteiger partial charge in [0.1, 0.15) is 0 Å². The van der Waals surface area contributed by atoms with E-state index in [1.165, 1.54) is 19.3 Å². The van der Waals surface area contributed by atoms with Gasteiger partial charge in [0.2, 0.25) is 0 Å². The van der Waals surface area contributed by atoms with Crippen molar-refractivity contribution in [3.8, 4) is 0 Å². The van der Waals surface area contributed by atoms with Crippen LogP contribution in [0, 0.1) is 0 Å². The summed E-state index contributed by atoms with van der Waals surface area (Å²) in [6.45, 7) is 4.51. The van der Waals surface area contributed by atoms with Crippen LogP contribution < -0.4 is 10.6 Å². The van der Waals surface area contributed by atoms with Crippen molar-refractivity contribution in [2.45, 2.75) is 45.4 Å². The van der Waals surface area contributed by atoms with Crippen LogP contribution in [0.4, 0.5) is 5.13 Å². The van der Waals surface area contributed by atoms with E-state index in [-0.39, 0.29) is 0 Å². The maximum atomic E-state index is 5.75. The molecular weight excluding hydrogens is 234 g/mol. The first kappa shape index (κ1) is 12.8. The molecule has 0 bridgehead atoms. The van der Waals surface area contributed by atoms with Crippen LogP contribution in [-0.4, -0.2) is 24.7 Å². The minimum absolute atomic E-state index is 0.554. The van der Waals surface area contributed by atoms with Gasteiger partial charge in [-0.25, -0.2) is 4.98 Å². The standard InChI is InChI=1S/C12H21N3OS/c1-9-5-3-4-6-15(9)12-14-10(8-16-2)11(7-13)17-12/h9H,3-8,13H2,1-2H3. The zero-order valence-electron chi connectivity index (χ0n) is 10.6. The normalized spacial score (nSPS) is 20.9. The molecule has 1 fully saturated rings. The van der Waals surface area contributed by atoms with E-state index in [9.17, 15) is 0 Å². The Morgan fingerprint density at radius 3 is 3.00 bits per heavy atom. The summed E-state index contributed by atoms with van der Waals surface area (Å²) in [4.78, 5) is 8.25. The molecule has 1 aliphatic rings. The van der Waals surface area contributed by atoms with Gasteiger partial charge < -0.3 is 15.4 Å². The Labute approximate surface area is 107 Å². The maximum Gasteiger partial charge on any atom is 0.186 e. The van der Waals surface area contributed by atoms with Gasteiger partial charge in [0.05, 0.1) is 12.3 Å². The predicted octanol–water partition coefficient (Wildman–Crippen LogP) is 2.13. The number of ether oxygens (including phenoxy) is 1. The number of hydrogen-bond donors (Lipinski definition) is 1. The summed E-state index contributed by atoms with van der Waals surface area (Å²) in [5.74, 6) is 0. The number of hydrogen-bond acceptors (Lipinski definition) is 5. The molecule has 0 spiro atoms. The van der Waals surface area contributed by atoms with E-state index in [4.69, 9.17) is 10.5 Å². The molecule has 5 heteroatoms. The number of piperidine rings is 1. The highest BCUT2D eigenvalue weighted by Gasteiger charge is 2.22. The molecular formula is C12H21N3OS. The molecule has 1 unspecified atom stereocenters. The third-order valence-electron chi connectivity index (χ3n) is 3.28. The predicted molar refractivity (Wildman–Crippen MR) is 71.4 cm³/mol. The average Bonchev–Trinajstić information content (AvgIpc) is 2.73. The van der Waals surface area contributed by atoms with Gasteiger partial charge in [-0.05, 0) is 26.2 Å². The number of nitrogens with zero attached hydrogens (tertiary/aromatic N) is 2. The summed E-state index contributed by atoms with van der Waals surface area (Å²) >= 11 is 1.72. The van der Waals surface area contributed by atoms with Crippen molar-refractivity contribution in [2.75, 3.05) is 18.6 Å². The summed E-state index contributed by atoms with van der Waals surface area (Å²) in [7, 11) is 1.70. The molecule has 2 N–H and O–H groups in total. The fourth-order valence-electron chi connectivity index (χ4n) is 2.28. The molecule has 4 nitrogen and oxygen atoms in total. The van der Waals surface area contributed by atoms with E-state index < -0.39 is 0 Å². The number of rotatable bonds is 4. The van der Waals surface area contributed by atoms with Gasteiger partial charge >= 0.3 is 0 Å². The zero-order valence-corrected chi connectivity index (χ0v) is 11.4. The highest BCUT2D eigenvalue weighted by molar-refractivity contribution is 7.15. The first-order chi connectivity index (χ1) is 8.26. The second-order valence-corrected chi connectivity index (χ2v) is 5.60. The largest absolute Gasteiger partial charge is 0.378 e. The Kier molecular flexibility index (Phi) is 4.36. The summed E-state index contributed by atoms with van der Waals surface area (Å²) in [5.41, 5.74) is 6.76. The Bertz CT molecular complexity index is 367. The van der Waals surface area contributed by atoms with Crippen LogP contribution in [0.2, 0.25) is 0 Å². The topological polar surface area (TPSA) is 51.4 Å². The van der Waals surface area contributed by atoms with Gasteiger partial charge in [0.15, 0.2) is 5.13 Å². The fourth-order valence-corrected chi connectivity index (χ4v) is 3.35. The highest BCUT2D eigenvalue weighted by Crippen LogP contribution is 2.31. The molecule has 1 atom stereocenters. The molecule has 1 aliphatic heterocycles. The minimum atomic E-state index is 0.554. The average molecular weight is 255 g/mol. The summed E-state index contributed by atoms with van der Waals surface area (Å²) in [6, 6.07) is 0.593. The molecule has 1 aromatic rings. The lowest BCUT2D eigenvalue weighted by Crippen LogP contribution is -2.37. The van der Waals surface area contributed by atoms with Crippen LogP contribution in [-0.2, 0) is 17.9 Å². The van der Waals surface area contributed by atoms with Gasteiger partial charge in [-0.2, -0.15) is 0 Å². The molecule has 0 saturated carbocycles. The van der Waals surface area contributed by atoms with Gasteiger partial charge in [0, 0.05) is 31.1 Å². The van der Waals surface area contributed by atoms with E-state index >= 15 is 0 Å². The van der Waals surface area contributed by atoms with E-state index in [2.05, 4.69) is 16.8 Å². The SMILES string of the molecule is COCc1nc(N2CCCCC2C)sc1CN. The molecule has 0 aromatic carbocycles. The van der Waals surface area contributed by atoms with Crippen molar-refractivity contribution in [1.82, 2.24) is 4.98 Å². The number of aromatic nitrogens is 1. The number of methoxy groups -OCH3 is 1. The molecule has 96 valence electrons. The van der Waals surface area contributed by atoms with E-state index in [1.54, 1.807) is 18.4 Å². The van der Waals surface area contributed by atoms with Crippen molar-refractivity contribution in [2.24, 2.45) is 5.73 Å². The highest BCUT2D eigenvalue weighted by atomic mass is 32.1. The lowest BCUT2D eigenvalue weighted by molar-refractivity contribution is 0.181. The third-order valence-corrected chi connectivity index (χ3v) is 4.44. The number of nitrogens with two attached hydrogens (primary N) is 1. The van der Waals surface area contributed by atoms with Crippen LogP contribution in [0.1, 0.15) is 36.8 Å². The van der Waals surface area contributed by atoms with Crippen molar-refractivity contribution in [3.63, 3.8) is 0 Å². The second-order valence-electron chi connectivity index (χ2n) is 4.54. The first-order valence-electron chi connectivity index (χ1n) is 6.20. The van der Waals surface area contributed by atoms with Crippen LogP contribution in [0.25, 0.3) is 0 Å². The third kappa shape index (κ3) is 2.78. The quantitative estimate of drug-likeness (QED) is 0.895. The molecule has 17 heavy (non-hydrogen) atoms.